The molecule has 0 aliphatic carbocycles. The molecule has 4 rings (SSSR count). The molecular weight excluding hydrogens is 448 g/mol. The standard InChI is InChI=1S/C25H24N6O4/c1-4-16-9-10-17(28-22-11-15(2)26-14-27-22)12-18(16)29-25(34)24-20(32)13-23(33)31(30-24)19-7-5-6-8-21(19)35-3/h5-14,32H,4H2,1-3H3,(H,29,34)(H,26,27,28). The Labute approximate surface area is 201 Å². The number of carbonyl (C=O) groups excluding carboxylic acids is 1. The van der Waals surface area contributed by atoms with Gasteiger partial charge in [0.05, 0.1) is 7.11 Å². The summed E-state index contributed by atoms with van der Waals surface area (Å²) in [7, 11) is 1.47. The zero-order chi connectivity index (χ0) is 24.9. The highest BCUT2D eigenvalue weighted by Gasteiger charge is 2.19. The topological polar surface area (TPSA) is 131 Å². The van der Waals surface area contributed by atoms with Crippen LogP contribution in [0.3, 0.4) is 0 Å². The highest BCUT2D eigenvalue weighted by molar-refractivity contribution is 6.05. The molecule has 2 heterocycles. The van der Waals surface area contributed by atoms with Crippen LogP contribution in [0.15, 0.2) is 65.7 Å². The van der Waals surface area contributed by atoms with Crippen molar-refractivity contribution in [1.82, 2.24) is 19.7 Å². The Kier molecular flexibility index (Phi) is 6.72. The Hall–Kier alpha value is -4.73. The summed E-state index contributed by atoms with van der Waals surface area (Å²) in [6, 6.07) is 15.0. The predicted molar refractivity (Wildman–Crippen MR) is 132 cm³/mol. The third-order valence-electron chi connectivity index (χ3n) is 5.26. The van der Waals surface area contributed by atoms with E-state index in [4.69, 9.17) is 4.74 Å². The summed E-state index contributed by atoms with van der Waals surface area (Å²) >= 11 is 0. The molecule has 4 aromatic rings. The fourth-order valence-corrected chi connectivity index (χ4v) is 3.52. The second-order valence-corrected chi connectivity index (χ2v) is 7.65. The molecule has 1 amide bonds. The number of para-hydroxylation sites is 2. The summed E-state index contributed by atoms with van der Waals surface area (Å²) in [5, 5.41) is 20.5. The summed E-state index contributed by atoms with van der Waals surface area (Å²) < 4.78 is 6.32. The third-order valence-corrected chi connectivity index (χ3v) is 5.26. The van der Waals surface area contributed by atoms with Crippen LogP contribution in [0.5, 0.6) is 11.5 Å². The second kappa shape index (κ2) is 10.0. The van der Waals surface area contributed by atoms with Crippen molar-refractivity contribution in [3.63, 3.8) is 0 Å². The highest BCUT2D eigenvalue weighted by Crippen LogP contribution is 2.26. The third kappa shape index (κ3) is 5.11. The van der Waals surface area contributed by atoms with E-state index in [-0.39, 0.29) is 5.69 Å². The smallest absolute Gasteiger partial charge is 0.280 e. The molecule has 0 unspecified atom stereocenters. The fourth-order valence-electron chi connectivity index (χ4n) is 3.52. The summed E-state index contributed by atoms with van der Waals surface area (Å²) in [6.07, 6.45) is 2.12. The number of benzene rings is 2. The Bertz CT molecular complexity index is 1450. The first kappa shape index (κ1) is 23.4. The predicted octanol–water partition coefficient (Wildman–Crippen LogP) is 3.60. The molecule has 3 N–H and O–H groups in total. The summed E-state index contributed by atoms with van der Waals surface area (Å²) in [6.45, 7) is 3.83. The lowest BCUT2D eigenvalue weighted by Crippen LogP contribution is -2.25. The van der Waals surface area contributed by atoms with Gasteiger partial charge in [-0.1, -0.05) is 25.1 Å². The number of hydrogen-bond donors (Lipinski definition) is 3. The van der Waals surface area contributed by atoms with E-state index in [9.17, 15) is 14.7 Å². The van der Waals surface area contributed by atoms with Crippen molar-refractivity contribution in [2.75, 3.05) is 17.7 Å². The van der Waals surface area contributed by atoms with E-state index in [0.717, 1.165) is 22.0 Å². The molecule has 2 aromatic carbocycles. The average Bonchev–Trinajstić information content (AvgIpc) is 2.84. The van der Waals surface area contributed by atoms with Crippen LogP contribution in [0.1, 0.15) is 28.7 Å². The van der Waals surface area contributed by atoms with Crippen molar-refractivity contribution in [2.24, 2.45) is 0 Å². The number of methoxy groups -OCH3 is 1. The maximum Gasteiger partial charge on any atom is 0.280 e. The molecule has 0 radical (unpaired) electrons. The van der Waals surface area contributed by atoms with Crippen molar-refractivity contribution in [3.8, 4) is 17.2 Å². The Balaban J connectivity index is 1.67. The molecular formula is C25H24N6O4. The molecule has 2 aromatic heterocycles. The maximum absolute atomic E-state index is 13.1. The van der Waals surface area contributed by atoms with Crippen LogP contribution in [0, 0.1) is 6.92 Å². The molecule has 0 saturated carbocycles. The molecule has 0 fully saturated rings. The normalized spacial score (nSPS) is 10.6. The van der Waals surface area contributed by atoms with Gasteiger partial charge in [0, 0.05) is 29.2 Å². The SMILES string of the molecule is CCc1ccc(Nc2cc(C)ncn2)cc1NC(=O)c1nn(-c2ccccc2OC)c(=O)cc1O. The van der Waals surface area contributed by atoms with E-state index in [0.29, 0.717) is 35.1 Å². The summed E-state index contributed by atoms with van der Waals surface area (Å²) in [5.41, 5.74) is 2.35. The summed E-state index contributed by atoms with van der Waals surface area (Å²) in [5.74, 6) is -0.188. The molecule has 35 heavy (non-hydrogen) atoms. The van der Waals surface area contributed by atoms with Crippen LogP contribution in [0.25, 0.3) is 5.69 Å². The molecule has 0 atom stereocenters. The van der Waals surface area contributed by atoms with Crippen molar-refractivity contribution in [1.29, 1.82) is 0 Å². The van der Waals surface area contributed by atoms with Crippen molar-refractivity contribution in [2.45, 2.75) is 20.3 Å². The molecule has 0 spiro atoms. The van der Waals surface area contributed by atoms with Gasteiger partial charge in [-0.25, -0.2) is 9.97 Å². The Morgan fingerprint density at radius 3 is 2.66 bits per heavy atom. The zero-order valence-corrected chi connectivity index (χ0v) is 19.4. The minimum Gasteiger partial charge on any atom is -0.505 e. The number of hydrogen-bond acceptors (Lipinski definition) is 8. The second-order valence-electron chi connectivity index (χ2n) is 7.65. The molecule has 0 aliphatic heterocycles. The van der Waals surface area contributed by atoms with E-state index in [1.807, 2.05) is 26.0 Å². The van der Waals surface area contributed by atoms with Gasteiger partial charge < -0.3 is 20.5 Å². The average molecular weight is 473 g/mol. The monoisotopic (exact) mass is 472 g/mol. The van der Waals surface area contributed by atoms with Gasteiger partial charge in [0.25, 0.3) is 11.5 Å². The number of nitrogens with one attached hydrogen (secondary N) is 2. The van der Waals surface area contributed by atoms with Gasteiger partial charge in [-0.05, 0) is 43.2 Å². The van der Waals surface area contributed by atoms with Gasteiger partial charge in [-0.15, -0.1) is 0 Å². The van der Waals surface area contributed by atoms with Gasteiger partial charge >= 0.3 is 0 Å². The number of carbonyl (C=O) groups is 1. The van der Waals surface area contributed by atoms with Gasteiger partial charge in [-0.2, -0.15) is 9.78 Å². The van der Waals surface area contributed by atoms with Gasteiger partial charge in [0.2, 0.25) is 0 Å². The lowest BCUT2D eigenvalue weighted by Gasteiger charge is -2.14. The largest absolute Gasteiger partial charge is 0.505 e. The highest BCUT2D eigenvalue weighted by atomic mass is 16.5. The van der Waals surface area contributed by atoms with Crippen molar-refractivity contribution >= 4 is 23.1 Å². The number of anilines is 3. The number of ether oxygens (including phenoxy) is 1. The van der Waals surface area contributed by atoms with Crippen molar-refractivity contribution in [3.05, 3.63) is 88.2 Å². The van der Waals surface area contributed by atoms with E-state index in [1.54, 1.807) is 36.4 Å². The molecule has 10 nitrogen and oxygen atoms in total. The first-order valence-electron chi connectivity index (χ1n) is 10.9. The molecule has 10 heteroatoms. The lowest BCUT2D eigenvalue weighted by molar-refractivity contribution is 0.101. The number of aromatic nitrogens is 4. The van der Waals surface area contributed by atoms with E-state index in [1.165, 1.54) is 13.4 Å². The van der Waals surface area contributed by atoms with E-state index >= 15 is 0 Å². The first-order valence-corrected chi connectivity index (χ1v) is 10.9. The molecule has 0 aliphatic rings. The van der Waals surface area contributed by atoms with Crippen LogP contribution < -0.4 is 20.9 Å². The van der Waals surface area contributed by atoms with Gasteiger partial charge in [-0.3, -0.25) is 9.59 Å². The molecule has 0 bridgehead atoms. The van der Waals surface area contributed by atoms with Crippen molar-refractivity contribution < 1.29 is 14.6 Å². The lowest BCUT2D eigenvalue weighted by atomic mass is 10.1. The van der Waals surface area contributed by atoms with Crippen LogP contribution in [-0.2, 0) is 6.42 Å². The first-order chi connectivity index (χ1) is 16.9. The van der Waals surface area contributed by atoms with Crippen LogP contribution in [0.2, 0.25) is 0 Å². The van der Waals surface area contributed by atoms with Crippen LogP contribution in [-0.4, -0.2) is 37.9 Å². The molecule has 178 valence electrons. The number of aryl methyl sites for hydroxylation is 2. The van der Waals surface area contributed by atoms with E-state index in [2.05, 4.69) is 25.7 Å². The van der Waals surface area contributed by atoms with Gasteiger partial charge in [0.1, 0.15) is 23.6 Å². The number of amides is 1. The summed E-state index contributed by atoms with van der Waals surface area (Å²) in [4.78, 5) is 33.9. The minimum absolute atomic E-state index is 0.303. The Morgan fingerprint density at radius 2 is 1.91 bits per heavy atom. The zero-order valence-electron chi connectivity index (χ0n) is 19.4. The van der Waals surface area contributed by atoms with Gasteiger partial charge in [0.15, 0.2) is 11.4 Å². The maximum atomic E-state index is 13.1. The Morgan fingerprint density at radius 1 is 1.11 bits per heavy atom. The minimum atomic E-state index is -0.670. The van der Waals surface area contributed by atoms with Crippen LogP contribution in [0.4, 0.5) is 17.2 Å². The number of rotatable bonds is 7. The fraction of sp³-hybridized carbons (Fsp3) is 0.160. The van der Waals surface area contributed by atoms with Crippen LogP contribution >= 0.6 is 0 Å². The quantitative estimate of drug-likeness (QED) is 0.372. The number of nitrogens with zero attached hydrogens (tertiary/aromatic N) is 4. The van der Waals surface area contributed by atoms with E-state index < -0.39 is 17.2 Å². The number of aromatic hydroxyl groups is 1. The molecule has 0 saturated heterocycles.